The van der Waals surface area contributed by atoms with E-state index in [-0.39, 0.29) is 0 Å². The molecule has 0 rings (SSSR count). The largest absolute Gasteiger partial charge is 0.481 e. The summed E-state index contributed by atoms with van der Waals surface area (Å²) in [7, 11) is 0. The minimum Gasteiger partial charge on any atom is -0.481 e. The molecule has 38 heteroatoms. The van der Waals surface area contributed by atoms with Gasteiger partial charge in [-0.1, -0.05) is 32.6 Å². The molecule has 0 aliphatic heterocycles. The van der Waals surface area contributed by atoms with Gasteiger partial charge in [0.1, 0.15) is 0 Å². The number of carboxylic acid groups (broad SMARTS) is 19. The highest BCUT2D eigenvalue weighted by Crippen LogP contribution is 2.04. The van der Waals surface area contributed by atoms with Gasteiger partial charge < -0.3 is 97.0 Å². The monoisotopic (exact) mass is 1220 g/mol. The first-order chi connectivity index (χ1) is 35.9. The van der Waals surface area contributed by atoms with E-state index in [1.165, 1.54) is 19.3 Å². The zero-order valence-electron chi connectivity index (χ0n) is 49.0. The van der Waals surface area contributed by atoms with Gasteiger partial charge in [-0.2, -0.15) is 0 Å². The molecule has 0 saturated carbocycles. The van der Waals surface area contributed by atoms with Crippen LogP contribution in [0, 0.1) is 0 Å². The Morgan fingerprint density at radius 2 is 0.244 bits per heavy atom. The molecular weight excluding hydrogens is 1140 g/mol. The van der Waals surface area contributed by atoms with E-state index in [1.807, 2.05) is 0 Å². The fourth-order valence-electron chi connectivity index (χ4n) is 0.880. The van der Waals surface area contributed by atoms with Crippen LogP contribution in [0.15, 0.2) is 0 Å². The molecule has 492 valence electrons. The van der Waals surface area contributed by atoms with Crippen molar-refractivity contribution < 1.29 is 188 Å². The summed E-state index contributed by atoms with van der Waals surface area (Å²) in [6.07, 6.45) is 5.88. The molecule has 19 N–H and O–H groups in total. The molecule has 82 heavy (non-hydrogen) atoms. The lowest BCUT2D eigenvalue weighted by Gasteiger charge is -1.95. The van der Waals surface area contributed by atoms with E-state index in [0.717, 1.165) is 137 Å². The maximum absolute atomic E-state index is 10.0. The second-order valence-corrected chi connectivity index (χ2v) is 11.9. The number of unbranched alkanes of at least 4 members (excludes halogenated alkanes) is 4. The molecule has 38 nitrogen and oxygen atoms in total. The molecule has 0 aromatic carbocycles. The van der Waals surface area contributed by atoms with Crippen molar-refractivity contribution in [1.82, 2.24) is 0 Å². The van der Waals surface area contributed by atoms with Gasteiger partial charge >= 0.3 is 5.97 Å². The smallest absolute Gasteiger partial charge is 0.303 e. The van der Waals surface area contributed by atoms with Crippen LogP contribution in [0.3, 0.4) is 0 Å². The highest BCUT2D eigenvalue weighted by atomic mass is 16.4. The van der Waals surface area contributed by atoms with Crippen molar-refractivity contribution in [3.8, 4) is 0 Å². The minimum absolute atomic E-state index is 0.337. The molecule has 0 fully saturated rings. The van der Waals surface area contributed by atoms with Crippen LogP contribution in [0.25, 0.3) is 0 Å². The van der Waals surface area contributed by atoms with Gasteiger partial charge in [0.05, 0.1) is 0 Å². The molecule has 0 unspecified atom stereocenters. The summed E-state index contributed by atoms with van der Waals surface area (Å²) < 4.78 is 0. The number of hydrogen-bond donors (Lipinski definition) is 19. The van der Waals surface area contributed by atoms with Crippen LogP contribution < -0.4 is 0 Å². The van der Waals surface area contributed by atoms with Crippen LogP contribution in [-0.2, 0) is 91.1 Å². The summed E-state index contributed by atoms with van der Waals surface area (Å²) in [6.45, 7) is 21.6. The molecule has 0 aromatic rings. The molecule has 0 amide bonds. The van der Waals surface area contributed by atoms with Crippen molar-refractivity contribution in [3.63, 3.8) is 0 Å². The standard InChI is InChI=1S/C8H16O2.18C2H4O2/c1-2-3-4-5-6-7-8(9)10;18*1-2(3)4/h2-7H2,1H3,(H,9,10);18*1H3,(H,3,4). The summed E-state index contributed by atoms with van der Waals surface area (Å²) in [5, 5.41) is 142. The normalized spacial score (nSPS) is 6.67. The van der Waals surface area contributed by atoms with Gasteiger partial charge in [0.25, 0.3) is 107 Å². The first-order valence-corrected chi connectivity index (χ1v) is 20.7. The third-order valence-electron chi connectivity index (χ3n) is 1.49. The van der Waals surface area contributed by atoms with E-state index in [1.54, 1.807) is 0 Å². The van der Waals surface area contributed by atoms with E-state index in [9.17, 15) is 4.79 Å². The van der Waals surface area contributed by atoms with Gasteiger partial charge in [0.2, 0.25) is 0 Å². The first-order valence-electron chi connectivity index (χ1n) is 20.7. The minimum atomic E-state index is -0.833. The van der Waals surface area contributed by atoms with Crippen molar-refractivity contribution >= 4 is 113 Å². The van der Waals surface area contributed by atoms with Gasteiger partial charge in [-0.25, -0.2) is 0 Å². The maximum atomic E-state index is 10.0. The second kappa shape index (κ2) is 124. The summed E-state index contributed by atoms with van der Waals surface area (Å²) in [5.41, 5.74) is 0. The van der Waals surface area contributed by atoms with Crippen LogP contribution in [0.2, 0.25) is 0 Å². The third-order valence-corrected chi connectivity index (χ3v) is 1.49. The molecule has 0 spiro atoms. The molecule has 0 radical (unpaired) electrons. The topological polar surface area (TPSA) is 709 Å². The average molecular weight is 1230 g/mol. The van der Waals surface area contributed by atoms with E-state index < -0.39 is 113 Å². The quantitative estimate of drug-likeness (QED) is 0.167. The van der Waals surface area contributed by atoms with Crippen LogP contribution in [0.5, 0.6) is 0 Å². The molecule has 0 aromatic heterocycles. The van der Waals surface area contributed by atoms with Gasteiger partial charge in [-0.05, 0) is 6.42 Å². The van der Waals surface area contributed by atoms with Crippen LogP contribution >= 0.6 is 0 Å². The molecule has 0 heterocycles. The first kappa shape index (κ1) is 129. The number of aliphatic carboxylic acids is 19. The van der Waals surface area contributed by atoms with Crippen molar-refractivity contribution in [3.05, 3.63) is 0 Å². The van der Waals surface area contributed by atoms with Crippen LogP contribution in [0.4, 0.5) is 0 Å². The SMILES string of the molecule is CC(=O)O.CC(=O)O.CC(=O)O.CC(=O)O.CC(=O)O.CC(=O)O.CC(=O)O.CC(=O)O.CC(=O)O.CC(=O)O.CC(=O)O.CC(=O)O.CC(=O)O.CC(=O)O.CC(=O)O.CC(=O)O.CC(=O)O.CC(=O)O.CCCCCCCC(=O)O. The van der Waals surface area contributed by atoms with Crippen LogP contribution in [-0.4, -0.2) is 210 Å². The Balaban J connectivity index is -0.0000000303. The number of hydrogen-bond acceptors (Lipinski definition) is 19. The molecule has 0 aliphatic carbocycles. The Hall–Kier alpha value is -10.1. The van der Waals surface area contributed by atoms with E-state index in [2.05, 4.69) is 6.92 Å². The average Bonchev–Trinajstić information content (AvgIpc) is 3.07. The van der Waals surface area contributed by atoms with Gasteiger partial charge in [-0.15, -0.1) is 0 Å². The molecule has 0 aliphatic rings. The predicted molar refractivity (Wildman–Crippen MR) is 281 cm³/mol. The number of rotatable bonds is 6. The Bertz CT molecular complexity index is 1140. The predicted octanol–water partition coefficient (Wildman–Crippen LogP) is 4.07. The highest BCUT2D eigenvalue weighted by molar-refractivity contribution is 5.67. The van der Waals surface area contributed by atoms with Gasteiger partial charge in [0, 0.05) is 131 Å². The lowest BCUT2D eigenvalue weighted by Crippen LogP contribution is -1.93. The van der Waals surface area contributed by atoms with Crippen molar-refractivity contribution in [1.29, 1.82) is 0 Å². The Morgan fingerprint density at radius 1 is 0.171 bits per heavy atom. The lowest BCUT2D eigenvalue weighted by molar-refractivity contribution is -0.138. The highest BCUT2D eigenvalue weighted by Gasteiger charge is 1.94. The van der Waals surface area contributed by atoms with Crippen molar-refractivity contribution in [2.45, 2.75) is 170 Å². The fourth-order valence-corrected chi connectivity index (χ4v) is 0.880. The molecule has 0 saturated heterocycles. The third kappa shape index (κ3) is 35300. The molecular formula is C44H88O38. The van der Waals surface area contributed by atoms with E-state index >= 15 is 0 Å². The van der Waals surface area contributed by atoms with Crippen molar-refractivity contribution in [2.24, 2.45) is 0 Å². The Morgan fingerprint density at radius 3 is 0.305 bits per heavy atom. The van der Waals surface area contributed by atoms with E-state index in [0.29, 0.717) is 6.42 Å². The molecule has 0 bridgehead atoms. The van der Waals surface area contributed by atoms with Crippen molar-refractivity contribution in [2.75, 3.05) is 0 Å². The Kier molecular flexibility index (Phi) is 195. The maximum Gasteiger partial charge on any atom is 0.303 e. The Labute approximate surface area is 471 Å². The fraction of sp³-hybridized carbons (Fsp3) is 0.568. The number of carbonyl (C=O) groups is 19. The molecule has 0 atom stereocenters. The zero-order valence-corrected chi connectivity index (χ0v) is 49.0. The summed E-state index contributed by atoms with van der Waals surface area (Å²) in [4.78, 5) is 172. The second-order valence-electron chi connectivity index (χ2n) is 11.9. The summed E-state index contributed by atoms with van der Waals surface area (Å²) in [6, 6.07) is 0. The number of carboxylic acids is 19. The van der Waals surface area contributed by atoms with E-state index in [4.69, 9.17) is 183 Å². The lowest BCUT2D eigenvalue weighted by atomic mass is 10.1. The summed E-state index contributed by atoms with van der Waals surface area (Å²) >= 11 is 0. The zero-order chi connectivity index (χ0) is 72.2. The van der Waals surface area contributed by atoms with Gasteiger partial charge in [0.15, 0.2) is 0 Å². The van der Waals surface area contributed by atoms with Gasteiger partial charge in [-0.3, -0.25) is 91.1 Å². The van der Waals surface area contributed by atoms with Crippen LogP contribution in [0.1, 0.15) is 170 Å². The summed E-state index contributed by atoms with van der Waals surface area (Å²) in [5.74, 6) is -15.7.